The van der Waals surface area contributed by atoms with Gasteiger partial charge in [-0.1, -0.05) is 31.7 Å². The van der Waals surface area contributed by atoms with Gasteiger partial charge >= 0.3 is 6.18 Å². The number of hydrogen-bond acceptors (Lipinski definition) is 4. The second-order valence-electron chi connectivity index (χ2n) is 8.96. The maximum absolute atomic E-state index is 13.7. The van der Waals surface area contributed by atoms with Crippen molar-refractivity contribution >= 4 is 11.8 Å². The molecule has 0 radical (unpaired) electrons. The van der Waals surface area contributed by atoms with Crippen molar-refractivity contribution in [3.63, 3.8) is 0 Å². The summed E-state index contributed by atoms with van der Waals surface area (Å²) < 4.78 is 42.7. The van der Waals surface area contributed by atoms with Gasteiger partial charge in [0.25, 0.3) is 11.8 Å². The van der Waals surface area contributed by atoms with E-state index in [2.05, 4.69) is 10.3 Å². The summed E-state index contributed by atoms with van der Waals surface area (Å²) in [6.45, 7) is 0. The van der Waals surface area contributed by atoms with Gasteiger partial charge in [-0.05, 0) is 37.8 Å². The zero-order valence-corrected chi connectivity index (χ0v) is 18.6. The van der Waals surface area contributed by atoms with E-state index in [4.69, 9.17) is 0 Å². The van der Waals surface area contributed by atoms with Crippen LogP contribution in [0.4, 0.5) is 13.2 Å². The summed E-state index contributed by atoms with van der Waals surface area (Å²) in [6, 6.07) is 1.54. The third-order valence-electron chi connectivity index (χ3n) is 6.28. The third kappa shape index (κ3) is 5.66. The lowest BCUT2D eigenvalue weighted by atomic mass is 10.1. The van der Waals surface area contributed by atoms with Gasteiger partial charge in [0.1, 0.15) is 11.1 Å². The van der Waals surface area contributed by atoms with Gasteiger partial charge in [-0.15, -0.1) is 0 Å². The second kappa shape index (κ2) is 9.99. The lowest BCUT2D eigenvalue weighted by Gasteiger charge is -2.21. The molecule has 182 valence electrons. The van der Waals surface area contributed by atoms with Gasteiger partial charge < -0.3 is 15.2 Å². The number of rotatable bonds is 6. The fourth-order valence-corrected chi connectivity index (χ4v) is 4.27. The molecule has 0 saturated heterocycles. The number of nitrogens with one attached hydrogen (secondary N) is 2. The van der Waals surface area contributed by atoms with E-state index in [1.807, 2.05) is 5.32 Å². The molecule has 2 aromatic rings. The molecule has 0 aromatic carbocycles. The minimum Gasteiger partial charge on any atom is -0.349 e. The number of carbonyl (C=O) groups is 2. The van der Waals surface area contributed by atoms with E-state index >= 15 is 0 Å². The van der Waals surface area contributed by atoms with Crippen LogP contribution in [-0.2, 0) is 0 Å². The Balaban J connectivity index is 1.63. The Hall–Kier alpha value is -3.17. The van der Waals surface area contributed by atoms with E-state index in [1.54, 1.807) is 4.57 Å². The van der Waals surface area contributed by atoms with Crippen molar-refractivity contribution < 1.29 is 22.8 Å². The summed E-state index contributed by atoms with van der Waals surface area (Å²) in [5.41, 5.74) is -2.01. The van der Waals surface area contributed by atoms with Crippen molar-refractivity contribution in [3.8, 4) is 0 Å². The topological polar surface area (TPSA) is 93.1 Å². The quantitative estimate of drug-likeness (QED) is 0.615. The fraction of sp³-hybridized carbons (Fsp3) is 0.500. The number of carbonyl (C=O) groups excluding carboxylic acids is 2. The molecule has 2 aliphatic rings. The highest BCUT2D eigenvalue weighted by Gasteiger charge is 2.43. The standard InChI is InChI=1S/C24H27F3N4O3/c25-24(26,27)21(19-9-5-6-12-28-19)30-23(34)18-14-31(16-10-11-16)13-17(20(18)32)22(33)29-15-7-3-1-2-4-8-15/h5-6,9,12-16,21H,1-4,7-8,10-11H2,(H,29,33)(H,30,34). The number of pyridine rings is 2. The number of halogens is 3. The van der Waals surface area contributed by atoms with Crippen LogP contribution in [0.2, 0.25) is 0 Å². The first-order valence-electron chi connectivity index (χ1n) is 11.6. The molecule has 2 saturated carbocycles. The molecular formula is C24H27F3N4O3. The number of aromatic nitrogens is 2. The van der Waals surface area contributed by atoms with Crippen LogP contribution >= 0.6 is 0 Å². The molecule has 0 bridgehead atoms. The fourth-order valence-electron chi connectivity index (χ4n) is 4.27. The van der Waals surface area contributed by atoms with Gasteiger partial charge in [0.05, 0.1) is 5.69 Å². The Morgan fingerprint density at radius 3 is 2.18 bits per heavy atom. The summed E-state index contributed by atoms with van der Waals surface area (Å²) in [6.07, 6.45) is 6.36. The van der Waals surface area contributed by atoms with Crippen molar-refractivity contribution in [1.29, 1.82) is 0 Å². The van der Waals surface area contributed by atoms with E-state index < -0.39 is 40.7 Å². The molecule has 7 nitrogen and oxygen atoms in total. The molecule has 2 N–H and O–H groups in total. The molecule has 0 aliphatic heterocycles. The van der Waals surface area contributed by atoms with Crippen LogP contribution in [0, 0.1) is 0 Å². The van der Waals surface area contributed by atoms with Crippen LogP contribution in [0.3, 0.4) is 0 Å². The molecule has 1 atom stereocenters. The van der Waals surface area contributed by atoms with E-state index in [0.717, 1.165) is 57.4 Å². The Morgan fingerprint density at radius 2 is 1.62 bits per heavy atom. The summed E-state index contributed by atoms with van der Waals surface area (Å²) in [7, 11) is 0. The van der Waals surface area contributed by atoms with Crippen LogP contribution in [0.25, 0.3) is 0 Å². The second-order valence-corrected chi connectivity index (χ2v) is 8.96. The monoisotopic (exact) mass is 476 g/mol. The molecule has 2 aromatic heterocycles. The predicted molar refractivity (Wildman–Crippen MR) is 118 cm³/mol. The molecule has 2 heterocycles. The van der Waals surface area contributed by atoms with E-state index in [0.29, 0.717) is 0 Å². The van der Waals surface area contributed by atoms with Crippen molar-refractivity contribution in [2.24, 2.45) is 0 Å². The molecule has 10 heteroatoms. The molecule has 4 rings (SSSR count). The first-order chi connectivity index (χ1) is 16.2. The van der Waals surface area contributed by atoms with Crippen LogP contribution in [0.1, 0.15) is 89.9 Å². The van der Waals surface area contributed by atoms with Gasteiger partial charge in [-0.2, -0.15) is 13.2 Å². The number of nitrogens with zero attached hydrogens (tertiary/aromatic N) is 2. The average molecular weight is 476 g/mol. The van der Waals surface area contributed by atoms with Crippen LogP contribution in [0.15, 0.2) is 41.6 Å². The maximum atomic E-state index is 13.7. The summed E-state index contributed by atoms with van der Waals surface area (Å²) in [5, 5.41) is 4.79. The van der Waals surface area contributed by atoms with Crippen LogP contribution < -0.4 is 16.1 Å². The van der Waals surface area contributed by atoms with Crippen LogP contribution in [-0.4, -0.2) is 33.6 Å². The molecule has 2 amide bonds. The first-order valence-corrected chi connectivity index (χ1v) is 11.6. The molecule has 2 fully saturated rings. The predicted octanol–water partition coefficient (Wildman–Crippen LogP) is 4.06. The van der Waals surface area contributed by atoms with Gasteiger partial charge in [-0.3, -0.25) is 19.4 Å². The number of alkyl halides is 3. The normalized spacial score (nSPS) is 18.1. The van der Waals surface area contributed by atoms with Crippen molar-refractivity contribution in [1.82, 2.24) is 20.2 Å². The molecule has 1 unspecified atom stereocenters. The van der Waals surface area contributed by atoms with Crippen molar-refractivity contribution in [3.05, 3.63) is 63.8 Å². The average Bonchev–Trinajstić information content (AvgIpc) is 3.65. The molecular weight excluding hydrogens is 449 g/mol. The van der Waals surface area contributed by atoms with Crippen LogP contribution in [0.5, 0.6) is 0 Å². The van der Waals surface area contributed by atoms with Gasteiger partial charge in [0, 0.05) is 30.7 Å². The lowest BCUT2D eigenvalue weighted by Crippen LogP contribution is -2.42. The summed E-state index contributed by atoms with van der Waals surface area (Å²) >= 11 is 0. The largest absolute Gasteiger partial charge is 0.414 e. The molecule has 2 aliphatic carbocycles. The van der Waals surface area contributed by atoms with Gasteiger partial charge in [-0.25, -0.2) is 0 Å². The SMILES string of the molecule is O=C(NC1CCCCCC1)c1cn(C2CC2)cc(C(=O)NC(c2ccccn2)C(F)(F)F)c1=O. The maximum Gasteiger partial charge on any atom is 0.414 e. The highest BCUT2D eigenvalue weighted by atomic mass is 19.4. The van der Waals surface area contributed by atoms with Gasteiger partial charge in [0.15, 0.2) is 6.04 Å². The Bertz CT molecular complexity index is 1090. The zero-order chi connectivity index (χ0) is 24.3. The third-order valence-corrected chi connectivity index (χ3v) is 6.28. The number of amides is 2. The minimum atomic E-state index is -4.83. The smallest absolute Gasteiger partial charge is 0.349 e. The molecule has 34 heavy (non-hydrogen) atoms. The Kier molecular flexibility index (Phi) is 7.04. The number of hydrogen-bond donors (Lipinski definition) is 2. The highest BCUT2D eigenvalue weighted by Crippen LogP contribution is 2.35. The first kappa shape index (κ1) is 24.0. The minimum absolute atomic E-state index is 0.00536. The zero-order valence-electron chi connectivity index (χ0n) is 18.6. The van der Waals surface area contributed by atoms with E-state index in [1.165, 1.54) is 30.7 Å². The molecule has 0 spiro atoms. The van der Waals surface area contributed by atoms with Gasteiger partial charge in [0.2, 0.25) is 5.43 Å². The highest BCUT2D eigenvalue weighted by molar-refractivity contribution is 5.99. The Morgan fingerprint density at radius 1 is 0.971 bits per heavy atom. The lowest BCUT2D eigenvalue weighted by molar-refractivity contribution is -0.156. The summed E-state index contributed by atoms with van der Waals surface area (Å²) in [5.74, 6) is -1.80. The Labute approximate surface area is 194 Å². The van der Waals surface area contributed by atoms with Crippen molar-refractivity contribution in [2.45, 2.75) is 75.7 Å². The van der Waals surface area contributed by atoms with Crippen molar-refractivity contribution in [2.75, 3.05) is 0 Å². The van der Waals surface area contributed by atoms with E-state index in [-0.39, 0.29) is 17.6 Å². The summed E-state index contributed by atoms with van der Waals surface area (Å²) in [4.78, 5) is 42.7. The van der Waals surface area contributed by atoms with E-state index in [9.17, 15) is 27.6 Å².